The zero-order valence-corrected chi connectivity index (χ0v) is 19.5. The lowest BCUT2D eigenvalue weighted by Gasteiger charge is -2.40. The summed E-state index contributed by atoms with van der Waals surface area (Å²) in [5, 5.41) is 0.00963. The van der Waals surface area contributed by atoms with Gasteiger partial charge in [-0.15, -0.1) is 6.58 Å². The Morgan fingerprint density at radius 1 is 1.29 bits per heavy atom. The third kappa shape index (κ3) is 4.93. The number of hydrogen-bond donors (Lipinski definition) is 1. The lowest BCUT2D eigenvalue weighted by molar-refractivity contribution is -0.149. The van der Waals surface area contributed by atoms with E-state index in [-0.39, 0.29) is 11.0 Å². The molecule has 0 radical (unpaired) electrons. The van der Waals surface area contributed by atoms with Crippen molar-refractivity contribution in [3.05, 3.63) is 24.8 Å². The zero-order valence-electron chi connectivity index (χ0n) is 18.5. The first kappa shape index (κ1) is 24.6. The van der Waals surface area contributed by atoms with Crippen LogP contribution in [-0.2, 0) is 23.5 Å². The van der Waals surface area contributed by atoms with Gasteiger partial charge in [-0.25, -0.2) is 0 Å². The van der Waals surface area contributed by atoms with Gasteiger partial charge in [-0.2, -0.15) is 0 Å². The normalized spacial score (nSPS) is 26.0. The van der Waals surface area contributed by atoms with E-state index in [1.807, 2.05) is 12.2 Å². The van der Waals surface area contributed by atoms with Crippen molar-refractivity contribution in [1.29, 1.82) is 0 Å². The Morgan fingerprint density at radius 3 is 2.36 bits per heavy atom. The molecule has 0 spiro atoms. The molecule has 0 aromatic rings. The molecule has 0 bridgehead atoms. The van der Waals surface area contributed by atoms with Gasteiger partial charge in [-0.3, -0.25) is 9.59 Å². The molecule has 0 aromatic carbocycles. The Balaban J connectivity index is 2.94. The fraction of sp³-hybridized carbons (Fsp3) is 0.714. The van der Waals surface area contributed by atoms with Gasteiger partial charge in [0, 0.05) is 0 Å². The van der Waals surface area contributed by atoms with E-state index in [2.05, 4.69) is 40.4 Å². The Labute approximate surface area is 170 Å². The number of esters is 2. The van der Waals surface area contributed by atoms with Crippen molar-refractivity contribution in [3.63, 3.8) is 0 Å². The number of ether oxygens (including phenoxy) is 2. The van der Waals surface area contributed by atoms with Gasteiger partial charge in [0.2, 0.25) is 0 Å². The summed E-state index contributed by atoms with van der Waals surface area (Å²) in [7, 11) is -0.728. The maximum Gasteiger partial charge on any atom is 0.323 e. The number of rotatable bonds is 10. The lowest BCUT2D eigenvalue weighted by atomic mass is 9.96. The third-order valence-electron chi connectivity index (χ3n) is 6.01. The molecule has 160 valence electrons. The third-order valence-corrected chi connectivity index (χ3v) is 10.5. The second-order valence-electron chi connectivity index (χ2n) is 8.98. The van der Waals surface area contributed by atoms with Crippen LogP contribution in [0.1, 0.15) is 47.0 Å². The zero-order chi connectivity index (χ0) is 21.8. The Hall–Kier alpha value is -1.44. The topological polar surface area (TPSA) is 87.9 Å². The molecule has 0 heterocycles. The summed E-state index contributed by atoms with van der Waals surface area (Å²) in [5.41, 5.74) is 4.30. The fourth-order valence-electron chi connectivity index (χ4n) is 3.10. The average Bonchev–Trinajstić information content (AvgIpc) is 3.24. The van der Waals surface area contributed by atoms with Crippen molar-refractivity contribution in [2.24, 2.45) is 11.1 Å². The number of allylic oxidation sites excluding steroid dienone is 1. The minimum absolute atomic E-state index is 0.00963. The number of nitrogens with two attached hydrogens (primary N) is 1. The highest BCUT2D eigenvalue weighted by molar-refractivity contribution is 6.74. The Morgan fingerprint density at radius 2 is 1.89 bits per heavy atom. The van der Waals surface area contributed by atoms with Gasteiger partial charge < -0.3 is 19.6 Å². The van der Waals surface area contributed by atoms with Crippen molar-refractivity contribution in [2.45, 2.75) is 76.7 Å². The molecule has 0 aromatic heterocycles. The Bertz CT molecular complexity index is 625. The molecule has 7 heteroatoms. The SMILES string of the molecule is C=C[C@@]1(O[Si](C)(C)C(C)(C)C)C[C@@]1(C/C=C/CC(N)C(=O)OCC)C(=O)OC. The highest BCUT2D eigenvalue weighted by atomic mass is 28.4. The number of carbonyl (C=O) groups excluding carboxylic acids is 2. The summed E-state index contributed by atoms with van der Waals surface area (Å²) in [5.74, 6) is -0.728. The van der Waals surface area contributed by atoms with Crippen LogP contribution in [0.25, 0.3) is 0 Å². The smallest absolute Gasteiger partial charge is 0.323 e. The molecular formula is C21H37NO5Si. The van der Waals surface area contributed by atoms with Gasteiger partial charge in [0.15, 0.2) is 8.32 Å². The van der Waals surface area contributed by atoms with Crippen molar-refractivity contribution >= 4 is 20.3 Å². The van der Waals surface area contributed by atoms with Crippen molar-refractivity contribution in [2.75, 3.05) is 13.7 Å². The first-order chi connectivity index (χ1) is 12.8. The van der Waals surface area contributed by atoms with Crippen LogP contribution in [-0.4, -0.2) is 45.6 Å². The highest BCUT2D eigenvalue weighted by Gasteiger charge is 2.73. The molecule has 1 unspecified atom stereocenters. The van der Waals surface area contributed by atoms with E-state index in [0.717, 1.165) is 0 Å². The number of carbonyl (C=O) groups is 2. The van der Waals surface area contributed by atoms with Gasteiger partial charge in [0.1, 0.15) is 11.5 Å². The van der Waals surface area contributed by atoms with Crippen LogP contribution in [0.15, 0.2) is 24.8 Å². The molecule has 2 N–H and O–H groups in total. The van der Waals surface area contributed by atoms with E-state index in [1.165, 1.54) is 7.11 Å². The fourth-order valence-corrected chi connectivity index (χ4v) is 4.66. The molecule has 0 amide bonds. The van der Waals surface area contributed by atoms with E-state index in [4.69, 9.17) is 19.6 Å². The van der Waals surface area contributed by atoms with Crippen LogP contribution >= 0.6 is 0 Å². The molecule has 28 heavy (non-hydrogen) atoms. The maximum absolute atomic E-state index is 12.7. The van der Waals surface area contributed by atoms with Gasteiger partial charge in [0.05, 0.1) is 19.3 Å². The molecule has 0 saturated heterocycles. The Kier molecular flexibility index (Phi) is 7.84. The standard InChI is InChI=1S/C21H37NO5Si/c1-9-21(27-28(7,8)19(3,4)5)15-20(21,18(24)25-6)14-12-11-13-16(22)17(23)26-10-2/h9,11-12,16H,1,10,13-15,22H2,2-8H3/b12-11+/t16?,20-,21+/m0/s1. The summed E-state index contributed by atoms with van der Waals surface area (Å²) in [6.07, 6.45) is 6.76. The monoisotopic (exact) mass is 411 g/mol. The molecule has 1 aliphatic rings. The van der Waals surface area contributed by atoms with Gasteiger partial charge in [0.25, 0.3) is 0 Å². The van der Waals surface area contributed by atoms with Crippen LogP contribution in [0, 0.1) is 5.41 Å². The quantitative estimate of drug-likeness (QED) is 0.335. The first-order valence-corrected chi connectivity index (χ1v) is 12.7. The van der Waals surface area contributed by atoms with E-state index < -0.39 is 31.3 Å². The molecule has 1 fully saturated rings. The highest BCUT2D eigenvalue weighted by Crippen LogP contribution is 2.64. The summed E-state index contributed by atoms with van der Waals surface area (Å²) in [4.78, 5) is 24.3. The second kappa shape index (κ2) is 8.92. The van der Waals surface area contributed by atoms with Crippen molar-refractivity contribution in [1.82, 2.24) is 0 Å². The van der Waals surface area contributed by atoms with E-state index >= 15 is 0 Å². The average molecular weight is 412 g/mol. The van der Waals surface area contributed by atoms with Crippen molar-refractivity contribution in [3.8, 4) is 0 Å². The molecular weight excluding hydrogens is 374 g/mol. The van der Waals surface area contributed by atoms with E-state index in [0.29, 0.717) is 25.9 Å². The number of hydrogen-bond acceptors (Lipinski definition) is 6. The molecule has 1 saturated carbocycles. The van der Waals surface area contributed by atoms with Crippen LogP contribution in [0.2, 0.25) is 18.1 Å². The van der Waals surface area contributed by atoms with Gasteiger partial charge in [-0.05, 0) is 44.3 Å². The largest absolute Gasteiger partial charge is 0.468 e. The molecule has 1 aliphatic carbocycles. The molecule has 3 atom stereocenters. The lowest BCUT2D eigenvalue weighted by Crippen LogP contribution is -2.46. The molecule has 0 aliphatic heterocycles. The van der Waals surface area contributed by atoms with Crippen molar-refractivity contribution < 1.29 is 23.5 Å². The summed E-state index contributed by atoms with van der Waals surface area (Å²) in [6, 6.07) is -0.711. The minimum atomic E-state index is -2.12. The van der Waals surface area contributed by atoms with Crippen LogP contribution in [0.3, 0.4) is 0 Å². The number of methoxy groups -OCH3 is 1. The molecule has 6 nitrogen and oxygen atoms in total. The van der Waals surface area contributed by atoms with E-state index in [9.17, 15) is 9.59 Å². The summed E-state index contributed by atoms with van der Waals surface area (Å²) in [6.45, 7) is 16.8. The first-order valence-electron chi connectivity index (χ1n) is 9.82. The summed E-state index contributed by atoms with van der Waals surface area (Å²) >= 11 is 0. The van der Waals surface area contributed by atoms with Crippen LogP contribution in [0.4, 0.5) is 0 Å². The van der Waals surface area contributed by atoms with Crippen LogP contribution in [0.5, 0.6) is 0 Å². The van der Waals surface area contributed by atoms with Gasteiger partial charge >= 0.3 is 11.9 Å². The van der Waals surface area contributed by atoms with Gasteiger partial charge in [-0.1, -0.05) is 39.0 Å². The molecule has 1 rings (SSSR count). The maximum atomic E-state index is 12.7. The van der Waals surface area contributed by atoms with Crippen LogP contribution < -0.4 is 5.73 Å². The predicted molar refractivity (Wildman–Crippen MR) is 113 cm³/mol. The second-order valence-corrected chi connectivity index (χ2v) is 13.7. The predicted octanol–water partition coefficient (Wildman–Crippen LogP) is 3.72. The summed E-state index contributed by atoms with van der Waals surface area (Å²) < 4.78 is 16.6. The minimum Gasteiger partial charge on any atom is -0.468 e. The van der Waals surface area contributed by atoms with E-state index in [1.54, 1.807) is 13.0 Å².